The number of pyridine rings is 1. The number of carbonyl (C=O) groups is 1. The quantitative estimate of drug-likeness (QED) is 0.852. The summed E-state index contributed by atoms with van der Waals surface area (Å²) in [5, 5.41) is 6.11. The molecule has 2 heterocycles. The van der Waals surface area contributed by atoms with E-state index in [-0.39, 0.29) is 11.8 Å². The maximum atomic E-state index is 12.1. The second-order valence-electron chi connectivity index (χ2n) is 6.08. The minimum atomic E-state index is 0.185. The lowest BCUT2D eigenvalue weighted by Crippen LogP contribution is -2.31. The summed E-state index contributed by atoms with van der Waals surface area (Å²) in [7, 11) is 1.84. The van der Waals surface area contributed by atoms with Gasteiger partial charge >= 0.3 is 0 Å². The standard InChI is InChI=1S/C18H23N5O/c1-19-16-12-15(8-11-21-18(24)14-4-2-3-5-14)22-17(23-16)13-6-9-20-10-7-13/h6-7,9-10,12,14H,2-5,8,11H2,1H3,(H,21,24)(H,19,22,23). The molecule has 0 saturated heterocycles. The first kappa shape index (κ1) is 16.4. The van der Waals surface area contributed by atoms with Crippen molar-refractivity contribution >= 4 is 11.7 Å². The number of hydrogen-bond donors (Lipinski definition) is 2. The lowest BCUT2D eigenvalue weighted by Gasteiger charge is -2.11. The van der Waals surface area contributed by atoms with Gasteiger partial charge in [0.1, 0.15) is 5.82 Å². The maximum absolute atomic E-state index is 12.1. The van der Waals surface area contributed by atoms with Crippen LogP contribution in [0.15, 0.2) is 30.6 Å². The predicted octanol–water partition coefficient (Wildman–Crippen LogP) is 2.43. The fourth-order valence-electron chi connectivity index (χ4n) is 3.03. The zero-order valence-electron chi connectivity index (χ0n) is 14.0. The Morgan fingerprint density at radius 1 is 1.21 bits per heavy atom. The van der Waals surface area contributed by atoms with E-state index in [1.54, 1.807) is 12.4 Å². The lowest BCUT2D eigenvalue weighted by molar-refractivity contribution is -0.124. The zero-order chi connectivity index (χ0) is 16.8. The van der Waals surface area contributed by atoms with E-state index in [1.807, 2.05) is 25.2 Å². The number of rotatable bonds is 6. The third-order valence-electron chi connectivity index (χ3n) is 4.38. The average molecular weight is 325 g/mol. The highest BCUT2D eigenvalue weighted by molar-refractivity contribution is 5.78. The van der Waals surface area contributed by atoms with Gasteiger partial charge in [0.25, 0.3) is 0 Å². The SMILES string of the molecule is CNc1cc(CCNC(=O)C2CCCC2)nc(-c2ccncc2)n1. The second kappa shape index (κ2) is 7.86. The van der Waals surface area contributed by atoms with Crippen molar-refractivity contribution in [1.82, 2.24) is 20.3 Å². The largest absolute Gasteiger partial charge is 0.373 e. The van der Waals surface area contributed by atoms with Crippen molar-refractivity contribution in [3.05, 3.63) is 36.3 Å². The number of aromatic nitrogens is 3. The monoisotopic (exact) mass is 325 g/mol. The molecule has 0 spiro atoms. The predicted molar refractivity (Wildman–Crippen MR) is 93.5 cm³/mol. The minimum Gasteiger partial charge on any atom is -0.373 e. The van der Waals surface area contributed by atoms with Crippen LogP contribution in [0.25, 0.3) is 11.4 Å². The smallest absolute Gasteiger partial charge is 0.223 e. The number of amides is 1. The maximum Gasteiger partial charge on any atom is 0.223 e. The van der Waals surface area contributed by atoms with Crippen LogP contribution in [0, 0.1) is 5.92 Å². The van der Waals surface area contributed by atoms with Crippen LogP contribution in [0.2, 0.25) is 0 Å². The van der Waals surface area contributed by atoms with Crippen molar-refractivity contribution in [1.29, 1.82) is 0 Å². The number of nitrogens with zero attached hydrogens (tertiary/aromatic N) is 3. The van der Waals surface area contributed by atoms with Gasteiger partial charge in [0, 0.05) is 55.6 Å². The Kier molecular flexibility index (Phi) is 5.36. The third-order valence-corrected chi connectivity index (χ3v) is 4.38. The van der Waals surface area contributed by atoms with Crippen LogP contribution in [-0.4, -0.2) is 34.5 Å². The summed E-state index contributed by atoms with van der Waals surface area (Å²) in [6.07, 6.45) is 8.53. The van der Waals surface area contributed by atoms with Gasteiger partial charge in [-0.25, -0.2) is 9.97 Å². The number of nitrogens with one attached hydrogen (secondary N) is 2. The van der Waals surface area contributed by atoms with E-state index in [9.17, 15) is 4.79 Å². The summed E-state index contributed by atoms with van der Waals surface area (Å²) in [5.41, 5.74) is 1.84. The molecular weight excluding hydrogens is 302 g/mol. The van der Waals surface area contributed by atoms with E-state index in [0.29, 0.717) is 18.8 Å². The van der Waals surface area contributed by atoms with Crippen molar-refractivity contribution < 1.29 is 4.79 Å². The Morgan fingerprint density at radius 2 is 1.96 bits per heavy atom. The van der Waals surface area contributed by atoms with E-state index in [0.717, 1.165) is 29.9 Å². The molecule has 0 bridgehead atoms. The molecular formula is C18H23N5O. The number of carbonyl (C=O) groups excluding carboxylic acids is 1. The molecule has 0 radical (unpaired) electrons. The van der Waals surface area contributed by atoms with Crippen LogP contribution in [0.3, 0.4) is 0 Å². The molecule has 1 saturated carbocycles. The zero-order valence-corrected chi connectivity index (χ0v) is 14.0. The van der Waals surface area contributed by atoms with Gasteiger partial charge in [0.2, 0.25) is 5.91 Å². The molecule has 1 amide bonds. The number of hydrogen-bond acceptors (Lipinski definition) is 5. The summed E-state index contributed by atoms with van der Waals surface area (Å²) < 4.78 is 0. The van der Waals surface area contributed by atoms with Crippen molar-refractivity contribution in [2.24, 2.45) is 5.92 Å². The van der Waals surface area contributed by atoms with Crippen LogP contribution < -0.4 is 10.6 Å². The molecule has 1 fully saturated rings. The molecule has 2 N–H and O–H groups in total. The fraction of sp³-hybridized carbons (Fsp3) is 0.444. The average Bonchev–Trinajstić information content (AvgIpc) is 3.17. The summed E-state index contributed by atoms with van der Waals surface area (Å²) in [4.78, 5) is 25.2. The second-order valence-corrected chi connectivity index (χ2v) is 6.08. The van der Waals surface area contributed by atoms with Gasteiger partial charge in [0.05, 0.1) is 0 Å². The first-order valence-electron chi connectivity index (χ1n) is 8.50. The molecule has 126 valence electrons. The normalized spacial score (nSPS) is 14.5. The van der Waals surface area contributed by atoms with Crippen LogP contribution >= 0.6 is 0 Å². The molecule has 3 rings (SSSR count). The molecule has 2 aromatic heterocycles. The summed E-state index contributed by atoms with van der Waals surface area (Å²) in [6, 6.07) is 5.70. The molecule has 0 aromatic carbocycles. The Labute approximate surface area is 142 Å². The van der Waals surface area contributed by atoms with E-state index >= 15 is 0 Å². The number of anilines is 1. The summed E-state index contributed by atoms with van der Waals surface area (Å²) in [6.45, 7) is 0.602. The topological polar surface area (TPSA) is 79.8 Å². The lowest BCUT2D eigenvalue weighted by atomic mass is 10.1. The van der Waals surface area contributed by atoms with Gasteiger partial charge in [-0.15, -0.1) is 0 Å². The van der Waals surface area contributed by atoms with Gasteiger partial charge in [-0.05, 0) is 25.0 Å². The highest BCUT2D eigenvalue weighted by atomic mass is 16.1. The minimum absolute atomic E-state index is 0.185. The molecule has 24 heavy (non-hydrogen) atoms. The first-order valence-corrected chi connectivity index (χ1v) is 8.50. The Balaban J connectivity index is 1.65. The van der Waals surface area contributed by atoms with E-state index in [2.05, 4.69) is 25.6 Å². The van der Waals surface area contributed by atoms with Gasteiger partial charge in [-0.1, -0.05) is 12.8 Å². The van der Waals surface area contributed by atoms with Gasteiger partial charge in [-0.2, -0.15) is 0 Å². The molecule has 1 aliphatic rings. The van der Waals surface area contributed by atoms with Crippen molar-refractivity contribution in [2.45, 2.75) is 32.1 Å². The van der Waals surface area contributed by atoms with Crippen LogP contribution in [0.1, 0.15) is 31.4 Å². The molecule has 0 atom stereocenters. The van der Waals surface area contributed by atoms with Crippen LogP contribution in [0.5, 0.6) is 0 Å². The molecule has 1 aliphatic carbocycles. The summed E-state index contributed by atoms with van der Waals surface area (Å²) >= 11 is 0. The summed E-state index contributed by atoms with van der Waals surface area (Å²) in [5.74, 6) is 1.83. The Morgan fingerprint density at radius 3 is 2.67 bits per heavy atom. The Hall–Kier alpha value is -2.50. The van der Waals surface area contributed by atoms with Crippen molar-refractivity contribution in [2.75, 3.05) is 18.9 Å². The molecule has 2 aromatic rings. The van der Waals surface area contributed by atoms with Gasteiger partial charge < -0.3 is 10.6 Å². The molecule has 0 unspecified atom stereocenters. The molecule has 0 aliphatic heterocycles. The van der Waals surface area contributed by atoms with Crippen molar-refractivity contribution in [3.8, 4) is 11.4 Å². The highest BCUT2D eigenvalue weighted by Gasteiger charge is 2.22. The van der Waals surface area contributed by atoms with E-state index in [4.69, 9.17) is 0 Å². The van der Waals surface area contributed by atoms with Crippen LogP contribution in [0.4, 0.5) is 5.82 Å². The Bertz CT molecular complexity index is 683. The van der Waals surface area contributed by atoms with Crippen molar-refractivity contribution in [3.63, 3.8) is 0 Å². The molecule has 6 heteroatoms. The van der Waals surface area contributed by atoms with Gasteiger partial charge in [0.15, 0.2) is 5.82 Å². The molecule has 6 nitrogen and oxygen atoms in total. The van der Waals surface area contributed by atoms with Gasteiger partial charge in [-0.3, -0.25) is 9.78 Å². The third kappa shape index (κ3) is 4.07. The van der Waals surface area contributed by atoms with E-state index < -0.39 is 0 Å². The highest BCUT2D eigenvalue weighted by Crippen LogP contribution is 2.24. The van der Waals surface area contributed by atoms with Crippen LogP contribution in [-0.2, 0) is 11.2 Å². The van der Waals surface area contributed by atoms with E-state index in [1.165, 1.54) is 12.8 Å². The first-order chi connectivity index (χ1) is 11.8. The fourth-order valence-corrected chi connectivity index (χ4v) is 3.03.